The third-order valence-corrected chi connectivity index (χ3v) is 4.37. The molecule has 0 saturated carbocycles. The Balaban J connectivity index is 2.23. The van der Waals surface area contributed by atoms with E-state index in [9.17, 15) is 21.6 Å². The van der Waals surface area contributed by atoms with Crippen molar-refractivity contribution >= 4 is 10.0 Å². The zero-order valence-corrected chi connectivity index (χ0v) is 11.8. The Labute approximate surface area is 120 Å². The molecule has 1 N–H and O–H groups in total. The molecule has 7 heteroatoms. The lowest BCUT2D eigenvalue weighted by Crippen LogP contribution is -2.24. The number of hydrogen-bond donors (Lipinski definition) is 1. The second kappa shape index (κ2) is 5.87. The van der Waals surface area contributed by atoms with Crippen molar-refractivity contribution in [3.63, 3.8) is 0 Å². The second-order valence-electron chi connectivity index (χ2n) is 4.51. The molecule has 0 heterocycles. The predicted molar refractivity (Wildman–Crippen MR) is 71.5 cm³/mol. The number of benzene rings is 2. The van der Waals surface area contributed by atoms with Crippen LogP contribution in [0.1, 0.15) is 11.1 Å². The first kappa shape index (κ1) is 15.5. The number of halogens is 3. The highest BCUT2D eigenvalue weighted by molar-refractivity contribution is 7.89. The van der Waals surface area contributed by atoms with E-state index in [-0.39, 0.29) is 17.0 Å². The van der Waals surface area contributed by atoms with E-state index in [2.05, 4.69) is 4.72 Å². The van der Waals surface area contributed by atoms with E-state index in [1.54, 1.807) is 0 Å². The van der Waals surface area contributed by atoms with Crippen LogP contribution < -0.4 is 4.72 Å². The van der Waals surface area contributed by atoms with Gasteiger partial charge in [-0.15, -0.1) is 0 Å². The minimum Gasteiger partial charge on any atom is -0.207 e. The third-order valence-electron chi connectivity index (χ3n) is 2.83. The normalized spacial score (nSPS) is 11.6. The Morgan fingerprint density at radius 3 is 2.19 bits per heavy atom. The highest BCUT2D eigenvalue weighted by Gasteiger charge is 2.17. The fourth-order valence-electron chi connectivity index (χ4n) is 1.83. The van der Waals surface area contributed by atoms with Gasteiger partial charge in [-0.1, -0.05) is 6.07 Å². The Kier molecular flexibility index (Phi) is 4.34. The van der Waals surface area contributed by atoms with Crippen molar-refractivity contribution in [2.24, 2.45) is 0 Å². The van der Waals surface area contributed by atoms with Crippen LogP contribution in [0.5, 0.6) is 0 Å². The minimum atomic E-state index is -3.97. The second-order valence-corrected chi connectivity index (χ2v) is 6.25. The van der Waals surface area contributed by atoms with Gasteiger partial charge in [-0.25, -0.2) is 26.3 Å². The number of rotatable bonds is 4. The van der Waals surface area contributed by atoms with Gasteiger partial charge in [-0.2, -0.15) is 0 Å². The molecule has 0 unspecified atom stereocenters. The van der Waals surface area contributed by atoms with Crippen LogP contribution in [-0.2, 0) is 16.6 Å². The molecule has 2 aromatic carbocycles. The lowest BCUT2D eigenvalue weighted by atomic mass is 10.2. The molecule has 2 aromatic rings. The molecule has 0 aliphatic rings. The van der Waals surface area contributed by atoms with Crippen LogP contribution in [0, 0.1) is 24.4 Å². The van der Waals surface area contributed by atoms with Crippen molar-refractivity contribution in [2.45, 2.75) is 18.4 Å². The van der Waals surface area contributed by atoms with Gasteiger partial charge >= 0.3 is 0 Å². The maximum atomic E-state index is 13.2. The van der Waals surface area contributed by atoms with Crippen LogP contribution in [0.4, 0.5) is 13.2 Å². The molecule has 21 heavy (non-hydrogen) atoms. The lowest BCUT2D eigenvalue weighted by Gasteiger charge is -2.09. The summed E-state index contributed by atoms with van der Waals surface area (Å²) < 4.78 is 65.5. The fraction of sp³-hybridized carbons (Fsp3) is 0.143. The number of nitrogens with one attached hydrogen (secondary N) is 1. The zero-order chi connectivity index (χ0) is 15.6. The number of aryl methyl sites for hydroxylation is 1. The molecule has 112 valence electrons. The van der Waals surface area contributed by atoms with E-state index in [1.165, 1.54) is 13.0 Å². The summed E-state index contributed by atoms with van der Waals surface area (Å²) in [6, 6.07) is 6.11. The quantitative estimate of drug-likeness (QED) is 0.943. The summed E-state index contributed by atoms with van der Waals surface area (Å²) in [7, 11) is -3.97. The van der Waals surface area contributed by atoms with Gasteiger partial charge in [0.15, 0.2) is 0 Å². The van der Waals surface area contributed by atoms with Gasteiger partial charge < -0.3 is 0 Å². The predicted octanol–water partition coefficient (Wildman–Crippen LogP) is 2.89. The molecule has 0 radical (unpaired) electrons. The van der Waals surface area contributed by atoms with Gasteiger partial charge in [0.05, 0.1) is 4.90 Å². The summed E-state index contributed by atoms with van der Waals surface area (Å²) in [4.78, 5) is -0.209. The summed E-state index contributed by atoms with van der Waals surface area (Å²) in [5.41, 5.74) is 0.499. The minimum absolute atomic E-state index is 0.130. The largest absolute Gasteiger partial charge is 0.241 e. The highest BCUT2D eigenvalue weighted by atomic mass is 32.2. The van der Waals surface area contributed by atoms with E-state index < -0.39 is 27.5 Å². The van der Waals surface area contributed by atoms with Crippen molar-refractivity contribution < 1.29 is 21.6 Å². The molecule has 2 rings (SSSR count). The molecule has 0 aliphatic heterocycles. The van der Waals surface area contributed by atoms with Crippen molar-refractivity contribution in [3.8, 4) is 0 Å². The van der Waals surface area contributed by atoms with Crippen LogP contribution >= 0.6 is 0 Å². The molecule has 0 aliphatic carbocycles. The van der Waals surface area contributed by atoms with Crippen LogP contribution in [0.3, 0.4) is 0 Å². The van der Waals surface area contributed by atoms with E-state index in [0.29, 0.717) is 11.6 Å². The first-order valence-corrected chi connectivity index (χ1v) is 7.47. The Morgan fingerprint density at radius 1 is 0.952 bits per heavy atom. The van der Waals surface area contributed by atoms with E-state index in [1.807, 2.05) is 0 Å². The van der Waals surface area contributed by atoms with Crippen LogP contribution in [0.15, 0.2) is 41.3 Å². The molecule has 0 bridgehead atoms. The van der Waals surface area contributed by atoms with Crippen molar-refractivity contribution in [3.05, 3.63) is 65.0 Å². The monoisotopic (exact) mass is 315 g/mol. The topological polar surface area (TPSA) is 46.2 Å². The average molecular weight is 315 g/mol. The van der Waals surface area contributed by atoms with E-state index >= 15 is 0 Å². The summed E-state index contributed by atoms with van der Waals surface area (Å²) in [6.45, 7) is 1.23. The Hall–Kier alpha value is -1.86. The third kappa shape index (κ3) is 3.83. The summed E-state index contributed by atoms with van der Waals surface area (Å²) in [5.74, 6) is -2.28. The maximum Gasteiger partial charge on any atom is 0.241 e. The molecule has 0 atom stereocenters. The first-order valence-electron chi connectivity index (χ1n) is 5.99. The molecular formula is C14H12F3NO2S. The van der Waals surface area contributed by atoms with E-state index in [0.717, 1.165) is 24.3 Å². The van der Waals surface area contributed by atoms with Crippen LogP contribution in [-0.4, -0.2) is 8.42 Å². The number of hydrogen-bond acceptors (Lipinski definition) is 2. The van der Waals surface area contributed by atoms with Crippen molar-refractivity contribution in [1.29, 1.82) is 0 Å². The molecule has 3 nitrogen and oxygen atoms in total. The molecule has 0 aromatic heterocycles. The lowest BCUT2D eigenvalue weighted by molar-refractivity contribution is 0.569. The molecule has 0 saturated heterocycles. The highest BCUT2D eigenvalue weighted by Crippen LogP contribution is 2.17. The van der Waals surface area contributed by atoms with Gasteiger partial charge in [0.25, 0.3) is 0 Å². The molecular weight excluding hydrogens is 303 g/mol. The molecule has 0 fully saturated rings. The summed E-state index contributed by atoms with van der Waals surface area (Å²) >= 11 is 0. The SMILES string of the molecule is Cc1ccc(F)cc1S(=O)(=O)NCc1cc(F)cc(F)c1. The standard InChI is InChI=1S/C14H12F3NO2S/c1-9-2-3-11(15)7-14(9)21(19,20)18-8-10-4-12(16)6-13(17)5-10/h2-7,18H,8H2,1H3. The number of sulfonamides is 1. The first-order chi connectivity index (χ1) is 9.78. The smallest absolute Gasteiger partial charge is 0.207 e. The molecule has 0 amide bonds. The van der Waals surface area contributed by atoms with Crippen molar-refractivity contribution in [2.75, 3.05) is 0 Å². The van der Waals surface area contributed by atoms with Crippen molar-refractivity contribution in [1.82, 2.24) is 4.72 Å². The van der Waals surface area contributed by atoms with Gasteiger partial charge in [0, 0.05) is 12.6 Å². The zero-order valence-electron chi connectivity index (χ0n) is 11.0. The maximum absolute atomic E-state index is 13.2. The summed E-state index contributed by atoms with van der Waals surface area (Å²) in [6.07, 6.45) is 0. The van der Waals surface area contributed by atoms with E-state index in [4.69, 9.17) is 0 Å². The Morgan fingerprint density at radius 2 is 1.57 bits per heavy atom. The van der Waals surface area contributed by atoms with Gasteiger partial charge in [0.1, 0.15) is 17.5 Å². The van der Waals surface area contributed by atoms with Gasteiger partial charge in [-0.3, -0.25) is 0 Å². The van der Waals surface area contributed by atoms with Gasteiger partial charge in [-0.05, 0) is 42.3 Å². The molecule has 0 spiro atoms. The fourth-order valence-corrected chi connectivity index (χ4v) is 3.10. The van der Waals surface area contributed by atoms with Crippen LogP contribution in [0.2, 0.25) is 0 Å². The Bertz CT molecular complexity index is 756. The van der Waals surface area contributed by atoms with Gasteiger partial charge in [0.2, 0.25) is 10.0 Å². The average Bonchev–Trinajstić information content (AvgIpc) is 2.38. The summed E-state index contributed by atoms with van der Waals surface area (Å²) in [5, 5.41) is 0. The van der Waals surface area contributed by atoms with Crippen LogP contribution in [0.25, 0.3) is 0 Å².